The average molecular weight is 274 g/mol. The van der Waals surface area contributed by atoms with Crippen molar-refractivity contribution in [2.45, 2.75) is 38.3 Å². The van der Waals surface area contributed by atoms with E-state index in [1.165, 1.54) is 0 Å². The lowest BCUT2D eigenvalue weighted by Gasteiger charge is -2.42. The number of fused-ring (bicyclic) bond motifs is 1. The molecule has 100 valence electrons. The highest BCUT2D eigenvalue weighted by atomic mass is 32.1. The van der Waals surface area contributed by atoms with E-state index in [4.69, 9.17) is 10.5 Å². The van der Waals surface area contributed by atoms with Gasteiger partial charge in [-0.25, -0.2) is 4.98 Å². The van der Waals surface area contributed by atoms with Crippen molar-refractivity contribution in [3.8, 4) is 5.75 Å². The Balaban J connectivity index is 2.20. The van der Waals surface area contributed by atoms with Gasteiger partial charge in [0.1, 0.15) is 21.9 Å². The van der Waals surface area contributed by atoms with Gasteiger partial charge in [-0.2, -0.15) is 0 Å². The van der Waals surface area contributed by atoms with Crippen LogP contribution in [0, 0.1) is 6.92 Å². The minimum Gasteiger partial charge on any atom is -0.487 e. The fourth-order valence-corrected chi connectivity index (χ4v) is 3.70. The minimum atomic E-state index is -0.558. The summed E-state index contributed by atoms with van der Waals surface area (Å²) in [5, 5.41) is 3.02. The first-order valence-corrected chi connectivity index (χ1v) is 7.29. The Morgan fingerprint density at radius 3 is 2.74 bits per heavy atom. The van der Waals surface area contributed by atoms with E-state index in [-0.39, 0.29) is 5.60 Å². The van der Waals surface area contributed by atoms with E-state index in [0.717, 1.165) is 28.4 Å². The molecule has 0 amide bonds. The van der Waals surface area contributed by atoms with Crippen LogP contribution in [-0.4, -0.2) is 10.6 Å². The summed E-state index contributed by atoms with van der Waals surface area (Å²) in [6.45, 7) is 6.15. The summed E-state index contributed by atoms with van der Waals surface area (Å²) in [6, 6.07) is 8.01. The van der Waals surface area contributed by atoms with Crippen LogP contribution in [0.3, 0.4) is 0 Å². The number of rotatable bonds is 1. The van der Waals surface area contributed by atoms with Crippen LogP contribution in [0.1, 0.15) is 36.5 Å². The van der Waals surface area contributed by atoms with Crippen molar-refractivity contribution in [1.29, 1.82) is 0 Å². The topological polar surface area (TPSA) is 48.1 Å². The molecule has 0 bridgehead atoms. The molecule has 1 atom stereocenters. The average Bonchev–Trinajstić information content (AvgIpc) is 2.75. The Bertz CT molecular complexity index is 620. The van der Waals surface area contributed by atoms with Crippen LogP contribution in [0.5, 0.6) is 5.75 Å². The Labute approximate surface area is 117 Å². The molecular formula is C15H18N2OS. The molecular weight excluding hydrogens is 256 g/mol. The molecule has 3 rings (SSSR count). The molecule has 0 spiro atoms. The van der Waals surface area contributed by atoms with Crippen LogP contribution in [0.4, 0.5) is 0 Å². The summed E-state index contributed by atoms with van der Waals surface area (Å²) >= 11 is 1.63. The first kappa shape index (κ1) is 12.6. The lowest BCUT2D eigenvalue weighted by Crippen LogP contribution is -2.50. The summed E-state index contributed by atoms with van der Waals surface area (Å²) in [5.41, 5.74) is 7.95. The maximum Gasteiger partial charge on any atom is 0.125 e. The highest BCUT2D eigenvalue weighted by Gasteiger charge is 2.45. The number of nitrogens with zero attached hydrogens (tertiary/aromatic N) is 1. The van der Waals surface area contributed by atoms with E-state index in [2.05, 4.69) is 24.2 Å². The number of aromatic nitrogens is 1. The SMILES string of the molecule is Cc1csc(C2(N)CC(C)(C)Oc3ccccc32)n1. The molecule has 0 saturated carbocycles. The van der Waals surface area contributed by atoms with E-state index in [9.17, 15) is 0 Å². The van der Waals surface area contributed by atoms with E-state index in [1.807, 2.05) is 31.2 Å². The Kier molecular flexibility index (Phi) is 2.69. The molecule has 0 fully saturated rings. The zero-order valence-corrected chi connectivity index (χ0v) is 12.3. The monoisotopic (exact) mass is 274 g/mol. The van der Waals surface area contributed by atoms with Gasteiger partial charge < -0.3 is 10.5 Å². The highest BCUT2D eigenvalue weighted by Crippen LogP contribution is 2.46. The predicted molar refractivity (Wildman–Crippen MR) is 77.6 cm³/mol. The number of thiazole rings is 1. The number of benzene rings is 1. The van der Waals surface area contributed by atoms with Crippen molar-refractivity contribution in [3.05, 3.63) is 45.9 Å². The molecule has 0 saturated heterocycles. The van der Waals surface area contributed by atoms with Crippen molar-refractivity contribution in [1.82, 2.24) is 4.98 Å². The highest BCUT2D eigenvalue weighted by molar-refractivity contribution is 7.09. The van der Waals surface area contributed by atoms with Gasteiger partial charge in [0.25, 0.3) is 0 Å². The first-order valence-electron chi connectivity index (χ1n) is 6.41. The second-order valence-electron chi connectivity index (χ2n) is 5.80. The van der Waals surface area contributed by atoms with Gasteiger partial charge in [-0.15, -0.1) is 11.3 Å². The van der Waals surface area contributed by atoms with Gasteiger partial charge in [-0.3, -0.25) is 0 Å². The molecule has 1 unspecified atom stereocenters. The summed E-state index contributed by atoms with van der Waals surface area (Å²) in [4.78, 5) is 4.61. The molecule has 1 aromatic carbocycles. The van der Waals surface area contributed by atoms with E-state index >= 15 is 0 Å². The summed E-state index contributed by atoms with van der Waals surface area (Å²) in [6.07, 6.45) is 0.726. The number of hydrogen-bond donors (Lipinski definition) is 1. The van der Waals surface area contributed by atoms with Gasteiger partial charge in [0.15, 0.2) is 0 Å². The zero-order valence-electron chi connectivity index (χ0n) is 11.4. The second-order valence-corrected chi connectivity index (χ2v) is 6.66. The molecule has 3 nitrogen and oxygen atoms in total. The molecule has 1 aliphatic heterocycles. The molecule has 0 radical (unpaired) electrons. The largest absolute Gasteiger partial charge is 0.487 e. The van der Waals surface area contributed by atoms with Gasteiger partial charge in [0, 0.05) is 23.1 Å². The quantitative estimate of drug-likeness (QED) is 0.868. The fourth-order valence-electron chi connectivity index (χ4n) is 2.77. The molecule has 1 aromatic heterocycles. The van der Waals surface area contributed by atoms with Crippen LogP contribution in [0.2, 0.25) is 0 Å². The molecule has 19 heavy (non-hydrogen) atoms. The maximum atomic E-state index is 6.75. The summed E-state index contributed by atoms with van der Waals surface area (Å²) in [7, 11) is 0. The van der Waals surface area contributed by atoms with Gasteiger partial charge in [-0.1, -0.05) is 18.2 Å². The van der Waals surface area contributed by atoms with E-state index in [1.54, 1.807) is 11.3 Å². The van der Waals surface area contributed by atoms with Crippen molar-refractivity contribution in [2.75, 3.05) is 0 Å². The van der Waals surface area contributed by atoms with Crippen LogP contribution in [0.25, 0.3) is 0 Å². The van der Waals surface area contributed by atoms with Gasteiger partial charge in [-0.05, 0) is 26.8 Å². The van der Waals surface area contributed by atoms with Gasteiger partial charge >= 0.3 is 0 Å². The molecule has 2 heterocycles. The third-order valence-electron chi connectivity index (χ3n) is 3.46. The number of ether oxygens (including phenoxy) is 1. The van der Waals surface area contributed by atoms with Crippen LogP contribution in [-0.2, 0) is 5.54 Å². The number of hydrogen-bond acceptors (Lipinski definition) is 4. The summed E-state index contributed by atoms with van der Waals surface area (Å²) in [5.74, 6) is 0.870. The predicted octanol–water partition coefficient (Wildman–Crippen LogP) is 3.21. The van der Waals surface area contributed by atoms with Gasteiger partial charge in [0.05, 0.1) is 0 Å². The summed E-state index contributed by atoms with van der Waals surface area (Å²) < 4.78 is 6.04. The lowest BCUT2D eigenvalue weighted by molar-refractivity contribution is 0.0554. The Morgan fingerprint density at radius 2 is 2.05 bits per heavy atom. The number of para-hydroxylation sites is 1. The smallest absolute Gasteiger partial charge is 0.125 e. The molecule has 2 aromatic rings. The van der Waals surface area contributed by atoms with Gasteiger partial charge in [0.2, 0.25) is 0 Å². The lowest BCUT2D eigenvalue weighted by atomic mass is 9.79. The van der Waals surface area contributed by atoms with Crippen molar-refractivity contribution in [2.24, 2.45) is 5.73 Å². The fraction of sp³-hybridized carbons (Fsp3) is 0.400. The third kappa shape index (κ3) is 2.05. The Morgan fingerprint density at radius 1 is 1.32 bits per heavy atom. The van der Waals surface area contributed by atoms with Crippen LogP contribution >= 0.6 is 11.3 Å². The number of aryl methyl sites for hydroxylation is 1. The standard InChI is InChI=1S/C15H18N2OS/c1-10-8-19-13(17-10)15(16)9-14(2,3)18-12-7-5-4-6-11(12)15/h4-8H,9,16H2,1-3H3. The molecule has 2 N–H and O–H groups in total. The van der Waals surface area contributed by atoms with E-state index in [0.29, 0.717) is 0 Å². The van der Waals surface area contributed by atoms with Crippen LogP contribution in [0.15, 0.2) is 29.6 Å². The first-order chi connectivity index (χ1) is 8.91. The minimum absolute atomic E-state index is 0.289. The van der Waals surface area contributed by atoms with E-state index < -0.39 is 5.54 Å². The molecule has 4 heteroatoms. The van der Waals surface area contributed by atoms with Crippen molar-refractivity contribution in [3.63, 3.8) is 0 Å². The third-order valence-corrected chi connectivity index (χ3v) is 4.60. The number of nitrogens with two attached hydrogens (primary N) is 1. The zero-order chi connectivity index (χ0) is 13.7. The molecule has 0 aliphatic carbocycles. The normalized spacial score (nSPS) is 24.6. The van der Waals surface area contributed by atoms with Crippen LogP contribution < -0.4 is 10.5 Å². The molecule has 1 aliphatic rings. The van der Waals surface area contributed by atoms with Crippen molar-refractivity contribution < 1.29 is 4.74 Å². The Hall–Kier alpha value is -1.39. The maximum absolute atomic E-state index is 6.75. The second kappa shape index (κ2) is 4.05. The van der Waals surface area contributed by atoms with Crippen molar-refractivity contribution >= 4 is 11.3 Å².